The maximum absolute atomic E-state index is 14.5. The van der Waals surface area contributed by atoms with Gasteiger partial charge < -0.3 is 33.9 Å². The Bertz CT molecular complexity index is 1730. The lowest BCUT2D eigenvalue weighted by Crippen LogP contribution is -2.49. The van der Waals surface area contributed by atoms with Gasteiger partial charge in [0.2, 0.25) is 0 Å². The second kappa shape index (κ2) is 16.1. The van der Waals surface area contributed by atoms with E-state index in [1.807, 2.05) is 0 Å². The molecule has 6 atom stereocenters. The molecule has 0 amide bonds. The molecule has 1 unspecified atom stereocenters. The average molecular weight is 732 g/mol. The van der Waals surface area contributed by atoms with Gasteiger partial charge in [0.1, 0.15) is 41.4 Å². The van der Waals surface area contributed by atoms with Crippen molar-refractivity contribution in [2.45, 2.75) is 90.4 Å². The first-order valence-electron chi connectivity index (χ1n) is 16.9. The van der Waals surface area contributed by atoms with Gasteiger partial charge in [-0.05, 0) is 38.1 Å². The number of carbonyl (C=O) groups is 3. The second-order valence-electron chi connectivity index (χ2n) is 13.4. The molecule has 2 fully saturated rings. The van der Waals surface area contributed by atoms with E-state index in [4.69, 9.17) is 38.5 Å². The van der Waals surface area contributed by atoms with Gasteiger partial charge in [-0.3, -0.25) is 18.9 Å². The van der Waals surface area contributed by atoms with E-state index in [-0.39, 0.29) is 17.7 Å². The summed E-state index contributed by atoms with van der Waals surface area (Å²) in [5.74, 6) is -2.53. The number of benzene rings is 1. The fourth-order valence-corrected chi connectivity index (χ4v) is 7.17. The van der Waals surface area contributed by atoms with Gasteiger partial charge in [-0.1, -0.05) is 45.9 Å². The van der Waals surface area contributed by atoms with Crippen LogP contribution in [0.1, 0.15) is 66.2 Å². The summed E-state index contributed by atoms with van der Waals surface area (Å²) in [6.07, 6.45) is -1.55. The van der Waals surface area contributed by atoms with Gasteiger partial charge in [0, 0.05) is 12.8 Å². The maximum Gasteiger partial charge on any atom is 0.459 e. The van der Waals surface area contributed by atoms with Gasteiger partial charge in [-0.25, -0.2) is 14.1 Å². The van der Waals surface area contributed by atoms with Crippen molar-refractivity contribution in [1.82, 2.24) is 19.7 Å². The zero-order valence-corrected chi connectivity index (χ0v) is 30.4. The fraction of sp³-hybridized carbons (Fsp3) is 0.559. The summed E-state index contributed by atoms with van der Waals surface area (Å²) in [4.78, 5) is 43.4. The molecule has 278 valence electrons. The quantitative estimate of drug-likeness (QED) is 0.136. The zero-order chi connectivity index (χ0) is 36.9. The summed E-state index contributed by atoms with van der Waals surface area (Å²) in [6.45, 7) is 10.1. The van der Waals surface area contributed by atoms with Crippen molar-refractivity contribution < 1.29 is 51.7 Å². The second-order valence-corrected chi connectivity index (χ2v) is 15.1. The Morgan fingerprint density at radius 3 is 2.31 bits per heavy atom. The Balaban J connectivity index is 1.48. The molecule has 2 aliphatic rings. The van der Waals surface area contributed by atoms with Crippen LogP contribution in [0.2, 0.25) is 0 Å². The third-order valence-electron chi connectivity index (χ3n) is 8.48. The van der Waals surface area contributed by atoms with Crippen LogP contribution in [-0.4, -0.2) is 82.3 Å². The summed E-state index contributed by atoms with van der Waals surface area (Å²) in [5.41, 5.74) is 5.38. The summed E-state index contributed by atoms with van der Waals surface area (Å²) >= 11 is 0. The number of ether oxygens (including phenoxy) is 5. The van der Waals surface area contributed by atoms with Crippen LogP contribution in [0.25, 0.3) is 5.52 Å². The summed E-state index contributed by atoms with van der Waals surface area (Å²) < 4.78 is 57.6. The van der Waals surface area contributed by atoms with Crippen LogP contribution in [-0.2, 0) is 47.2 Å². The number of nitrogen functional groups attached to an aromatic ring is 1. The molecule has 4 heterocycles. The van der Waals surface area contributed by atoms with Crippen LogP contribution in [0.15, 0.2) is 48.8 Å². The largest absolute Gasteiger partial charge is 0.461 e. The van der Waals surface area contributed by atoms with Crippen LogP contribution in [0.3, 0.4) is 0 Å². The van der Waals surface area contributed by atoms with Gasteiger partial charge in [-0.15, -0.1) is 0 Å². The van der Waals surface area contributed by atoms with Gasteiger partial charge in [0.25, 0.3) is 0 Å². The van der Waals surface area contributed by atoms with Crippen molar-refractivity contribution in [2.75, 3.05) is 25.6 Å². The third kappa shape index (κ3) is 9.05. The number of rotatable bonds is 14. The Hall–Kier alpha value is -4.08. The van der Waals surface area contributed by atoms with E-state index in [0.29, 0.717) is 37.3 Å². The highest BCUT2D eigenvalue weighted by Crippen LogP contribution is 2.50. The maximum atomic E-state index is 14.5. The Morgan fingerprint density at radius 2 is 1.65 bits per heavy atom. The number of nitrogens with one attached hydrogen (secondary N) is 1. The lowest BCUT2D eigenvalue weighted by atomic mass is 9.95. The summed E-state index contributed by atoms with van der Waals surface area (Å²) in [6, 6.07) is 10.5. The molecule has 0 radical (unpaired) electrons. The minimum absolute atomic E-state index is 0.192. The molecule has 51 heavy (non-hydrogen) atoms. The van der Waals surface area contributed by atoms with E-state index in [1.54, 1.807) is 77.1 Å². The van der Waals surface area contributed by atoms with Gasteiger partial charge in [0.15, 0.2) is 18.0 Å². The highest BCUT2D eigenvalue weighted by Gasteiger charge is 2.59. The molecule has 2 aromatic heterocycles. The number of aromatic nitrogens is 3. The summed E-state index contributed by atoms with van der Waals surface area (Å²) in [7, 11) is -4.41. The average Bonchev–Trinajstić information content (AvgIpc) is 3.64. The topological polar surface area (TPSA) is 201 Å². The molecular formula is C34H46N5O11P. The number of carbonyl (C=O) groups excluding carboxylic acids is 3. The van der Waals surface area contributed by atoms with Crippen LogP contribution in [0, 0.1) is 11.8 Å². The minimum atomic E-state index is -4.41. The predicted octanol–water partition coefficient (Wildman–Crippen LogP) is 4.18. The molecule has 0 spiro atoms. The van der Waals surface area contributed by atoms with E-state index in [2.05, 4.69) is 15.2 Å². The van der Waals surface area contributed by atoms with Gasteiger partial charge in [0.05, 0.1) is 37.4 Å². The molecule has 0 aliphatic carbocycles. The number of hydrogen-bond acceptors (Lipinski definition) is 14. The zero-order valence-electron chi connectivity index (χ0n) is 29.6. The number of nitrogens with two attached hydrogens (primary N) is 1. The fourth-order valence-electron chi connectivity index (χ4n) is 5.58. The Kier molecular flexibility index (Phi) is 12.0. The van der Waals surface area contributed by atoms with Crippen molar-refractivity contribution >= 4 is 37.0 Å². The van der Waals surface area contributed by atoms with Gasteiger partial charge in [-0.2, -0.15) is 10.2 Å². The molecule has 2 saturated heterocycles. The Labute approximate surface area is 296 Å². The molecule has 17 heteroatoms. The van der Waals surface area contributed by atoms with Gasteiger partial charge >= 0.3 is 25.7 Å². The number of para-hydroxylation sites is 1. The normalized spacial score (nSPS) is 24.3. The first kappa shape index (κ1) is 38.2. The smallest absolute Gasteiger partial charge is 0.459 e. The number of anilines is 1. The van der Waals surface area contributed by atoms with Crippen molar-refractivity contribution in [3.63, 3.8) is 0 Å². The predicted molar refractivity (Wildman–Crippen MR) is 182 cm³/mol. The van der Waals surface area contributed by atoms with Crippen molar-refractivity contribution in [3.05, 3.63) is 54.5 Å². The lowest BCUT2D eigenvalue weighted by molar-refractivity contribution is -0.175. The minimum Gasteiger partial charge on any atom is -0.461 e. The van der Waals surface area contributed by atoms with Crippen LogP contribution in [0.4, 0.5) is 5.82 Å². The highest BCUT2D eigenvalue weighted by molar-refractivity contribution is 7.52. The number of fused-ring (bicyclic) bond motifs is 1. The van der Waals surface area contributed by atoms with Crippen LogP contribution in [0.5, 0.6) is 5.75 Å². The third-order valence-corrected chi connectivity index (χ3v) is 10.1. The molecule has 5 rings (SSSR count). The van der Waals surface area contributed by atoms with E-state index in [1.165, 1.54) is 17.8 Å². The first-order chi connectivity index (χ1) is 24.2. The standard InChI is InChI=1S/C34H46N5O11P/c1-20(2)31(40)47-28-27(25-12-13-26-30(35)36-19-37-39(25)26)49-34(6,29(28)48-32(41)21(3)4)18-45-51(43,50-24-10-8-7-9-11-24)38-22(5)33(42)46-23-14-16-44-17-15-23/h7-13,19-23,27-29H,14-18H2,1-6H3,(H,38,43)(H2,35,36,37)/t22-,27-,28-,29-,34+,51?/m0/s1. The summed E-state index contributed by atoms with van der Waals surface area (Å²) in [5, 5.41) is 7.02. The monoisotopic (exact) mass is 731 g/mol. The highest BCUT2D eigenvalue weighted by atomic mass is 31.2. The lowest BCUT2D eigenvalue weighted by Gasteiger charge is -2.33. The molecular weight excluding hydrogens is 685 g/mol. The number of nitrogens with zero attached hydrogens (tertiary/aromatic N) is 3. The molecule has 3 N–H and O–H groups in total. The van der Waals surface area contributed by atoms with E-state index in [9.17, 15) is 18.9 Å². The van der Waals surface area contributed by atoms with Crippen LogP contribution < -0.4 is 15.3 Å². The SMILES string of the molecule is CC(C)C(=O)O[C@H]1[C@H](c2ccc3c(N)ncnn23)O[C@](C)(COP(=O)(N[C@@H](C)C(=O)OC2CCOCC2)Oc2ccccc2)[C@H]1OC(=O)C(C)C. The van der Waals surface area contributed by atoms with Crippen molar-refractivity contribution in [3.8, 4) is 5.75 Å². The van der Waals surface area contributed by atoms with E-state index in [0.717, 1.165) is 0 Å². The number of hydrogen-bond donors (Lipinski definition) is 2. The Morgan fingerprint density at radius 1 is 0.980 bits per heavy atom. The number of esters is 3. The molecule has 0 bridgehead atoms. The molecule has 1 aromatic carbocycles. The van der Waals surface area contributed by atoms with Crippen molar-refractivity contribution in [1.29, 1.82) is 0 Å². The molecule has 3 aromatic rings. The van der Waals surface area contributed by atoms with Crippen LogP contribution >= 0.6 is 7.75 Å². The molecule has 2 aliphatic heterocycles. The van der Waals surface area contributed by atoms with Crippen molar-refractivity contribution in [2.24, 2.45) is 11.8 Å². The van der Waals surface area contributed by atoms with E-state index >= 15 is 0 Å². The van der Waals surface area contributed by atoms with E-state index < -0.39 is 74.1 Å². The first-order valence-corrected chi connectivity index (χ1v) is 18.5. The molecule has 0 saturated carbocycles. The molecule has 16 nitrogen and oxygen atoms in total.